The first-order valence-corrected chi connectivity index (χ1v) is 10.9. The Kier molecular flexibility index (Phi) is 6.59. The van der Waals surface area contributed by atoms with Crippen LogP contribution < -0.4 is 0 Å². The normalized spacial score (nSPS) is 26.2. The summed E-state index contributed by atoms with van der Waals surface area (Å²) in [5.41, 5.74) is -2.11. The highest BCUT2D eigenvalue weighted by molar-refractivity contribution is 6.31. The number of hydrogen-bond acceptors (Lipinski definition) is 3. The molecule has 0 radical (unpaired) electrons. The molecule has 2 aromatic carbocycles. The van der Waals surface area contributed by atoms with E-state index in [1.165, 1.54) is 30.3 Å². The third-order valence-corrected chi connectivity index (χ3v) is 6.73. The highest BCUT2D eigenvalue weighted by Gasteiger charge is 2.64. The minimum absolute atomic E-state index is 0.0152. The summed E-state index contributed by atoms with van der Waals surface area (Å²) in [6.45, 7) is 5.85. The Morgan fingerprint density at radius 1 is 1.25 bits per heavy atom. The van der Waals surface area contributed by atoms with Crippen LogP contribution in [-0.2, 0) is 10.2 Å². The Labute approximate surface area is 196 Å². The van der Waals surface area contributed by atoms with Crippen LogP contribution >= 0.6 is 23.2 Å². The molecular weight excluding hydrogens is 457 g/mol. The molecule has 0 amide bonds. The number of rotatable bonds is 4. The number of carboxylic acid groups (broad SMARTS) is 1. The van der Waals surface area contributed by atoms with Gasteiger partial charge >= 0.3 is 5.97 Å². The average molecular weight is 481 g/mol. The molecule has 1 saturated heterocycles. The Bertz CT molecular complexity index is 1100. The van der Waals surface area contributed by atoms with Crippen molar-refractivity contribution in [1.82, 2.24) is 4.90 Å². The van der Waals surface area contributed by atoms with Crippen molar-refractivity contribution in [1.29, 1.82) is 5.26 Å². The molecule has 4 nitrogen and oxygen atoms in total. The zero-order valence-corrected chi connectivity index (χ0v) is 19.7. The first kappa shape index (κ1) is 24.4. The van der Waals surface area contributed by atoms with Gasteiger partial charge in [0.2, 0.25) is 0 Å². The summed E-state index contributed by atoms with van der Waals surface area (Å²) >= 11 is 12.0. The SMILES string of the molecule is CN1[C@@H](CC(C)(C)C)[C@](C#N)(c2ccc(Cl)cc2F)[C@@H](c2cccc(Cl)c2F)[C@@H]1C(=O)O. The van der Waals surface area contributed by atoms with E-state index in [1.807, 2.05) is 20.8 Å². The predicted molar refractivity (Wildman–Crippen MR) is 120 cm³/mol. The van der Waals surface area contributed by atoms with Crippen molar-refractivity contribution in [3.8, 4) is 6.07 Å². The molecule has 4 atom stereocenters. The van der Waals surface area contributed by atoms with Crippen LogP contribution in [-0.4, -0.2) is 35.1 Å². The Hall–Kier alpha value is -2.20. The number of carboxylic acids is 1. The van der Waals surface area contributed by atoms with Crippen molar-refractivity contribution in [2.75, 3.05) is 7.05 Å². The van der Waals surface area contributed by atoms with E-state index in [0.29, 0.717) is 6.42 Å². The first-order valence-electron chi connectivity index (χ1n) is 10.1. The minimum atomic E-state index is -1.72. The number of likely N-dealkylation sites (tertiary alicyclic amines) is 1. The molecular formula is C24H24Cl2F2N2O2. The lowest BCUT2D eigenvalue weighted by molar-refractivity contribution is -0.142. The Morgan fingerprint density at radius 3 is 2.44 bits per heavy atom. The molecule has 32 heavy (non-hydrogen) atoms. The summed E-state index contributed by atoms with van der Waals surface area (Å²) in [4.78, 5) is 14.0. The smallest absolute Gasteiger partial charge is 0.321 e. The Morgan fingerprint density at radius 2 is 1.91 bits per heavy atom. The van der Waals surface area contributed by atoms with Gasteiger partial charge in [-0.05, 0) is 42.6 Å². The predicted octanol–water partition coefficient (Wildman–Crippen LogP) is 6.02. The van der Waals surface area contributed by atoms with Crippen LogP contribution in [0.4, 0.5) is 8.78 Å². The van der Waals surface area contributed by atoms with Gasteiger partial charge in [-0.1, -0.05) is 62.2 Å². The second-order valence-electron chi connectivity index (χ2n) is 9.45. The summed E-state index contributed by atoms with van der Waals surface area (Å²) in [6.07, 6.45) is 0.363. The Balaban J connectivity index is 2.44. The van der Waals surface area contributed by atoms with Gasteiger partial charge < -0.3 is 5.11 Å². The van der Waals surface area contributed by atoms with E-state index in [4.69, 9.17) is 23.2 Å². The first-order chi connectivity index (χ1) is 14.8. The lowest BCUT2D eigenvalue weighted by atomic mass is 9.62. The van der Waals surface area contributed by atoms with Crippen molar-refractivity contribution in [3.05, 3.63) is 69.2 Å². The maximum absolute atomic E-state index is 15.3. The van der Waals surface area contributed by atoms with Gasteiger partial charge in [0.05, 0.1) is 11.1 Å². The number of benzene rings is 2. The van der Waals surface area contributed by atoms with Crippen LogP contribution in [0.15, 0.2) is 36.4 Å². The second kappa shape index (κ2) is 8.62. The van der Waals surface area contributed by atoms with Gasteiger partial charge in [-0.2, -0.15) is 5.26 Å². The van der Waals surface area contributed by atoms with Gasteiger partial charge in [-0.25, -0.2) is 8.78 Å². The number of nitrogens with zero attached hydrogens (tertiary/aromatic N) is 2. The molecule has 2 aromatic rings. The molecule has 1 aliphatic rings. The molecule has 1 fully saturated rings. The van der Waals surface area contributed by atoms with Gasteiger partial charge in [0.1, 0.15) is 23.1 Å². The van der Waals surface area contributed by atoms with Crippen LogP contribution in [0.3, 0.4) is 0 Å². The van der Waals surface area contributed by atoms with Crippen LogP contribution in [0.25, 0.3) is 0 Å². The zero-order valence-electron chi connectivity index (χ0n) is 18.2. The summed E-state index contributed by atoms with van der Waals surface area (Å²) in [6, 6.07) is 8.41. The number of aliphatic carboxylic acids is 1. The van der Waals surface area contributed by atoms with E-state index >= 15 is 8.78 Å². The molecule has 0 unspecified atom stereocenters. The molecule has 3 rings (SSSR count). The van der Waals surface area contributed by atoms with Gasteiger partial charge in [-0.15, -0.1) is 0 Å². The van der Waals surface area contributed by atoms with Crippen LogP contribution in [0, 0.1) is 28.4 Å². The van der Waals surface area contributed by atoms with E-state index in [2.05, 4.69) is 6.07 Å². The topological polar surface area (TPSA) is 64.3 Å². The van der Waals surface area contributed by atoms with Crippen LogP contribution in [0.2, 0.25) is 10.0 Å². The molecule has 0 bridgehead atoms. The molecule has 170 valence electrons. The third-order valence-electron chi connectivity index (χ3n) is 6.20. The summed E-state index contributed by atoms with van der Waals surface area (Å²) in [5.74, 6) is -4.02. The fourth-order valence-corrected chi connectivity index (χ4v) is 5.30. The summed E-state index contributed by atoms with van der Waals surface area (Å²) < 4.78 is 30.6. The highest BCUT2D eigenvalue weighted by Crippen LogP contribution is 2.56. The van der Waals surface area contributed by atoms with Gasteiger partial charge in [0.15, 0.2) is 0 Å². The number of nitriles is 1. The fraction of sp³-hybridized carbons (Fsp3) is 0.417. The van der Waals surface area contributed by atoms with E-state index < -0.39 is 41.0 Å². The number of carbonyl (C=O) groups is 1. The summed E-state index contributed by atoms with van der Waals surface area (Å²) in [5, 5.41) is 20.7. The number of halogens is 4. The van der Waals surface area contributed by atoms with Crippen molar-refractivity contribution < 1.29 is 18.7 Å². The zero-order chi connectivity index (χ0) is 24.0. The van der Waals surface area contributed by atoms with Gasteiger partial charge in [-0.3, -0.25) is 9.69 Å². The molecule has 0 saturated carbocycles. The van der Waals surface area contributed by atoms with Crippen molar-refractivity contribution in [2.45, 2.75) is 50.6 Å². The van der Waals surface area contributed by atoms with Gasteiger partial charge in [0.25, 0.3) is 0 Å². The standard InChI is InChI=1S/C24H24Cl2F2N2O2/c1-23(2,3)11-18-24(12-29,15-9-8-13(25)10-17(15)27)19(21(22(31)32)30(18)4)14-6-5-7-16(26)20(14)28/h5-10,18-19,21H,11H2,1-4H3,(H,31,32)/t18-,19-,21+,24-/m0/s1. The van der Waals surface area contributed by atoms with Crippen LogP contribution in [0.1, 0.15) is 44.2 Å². The number of likely N-dealkylation sites (N-methyl/N-ethyl adjacent to an activating group) is 1. The van der Waals surface area contributed by atoms with E-state index in [-0.39, 0.29) is 26.6 Å². The highest BCUT2D eigenvalue weighted by atomic mass is 35.5. The van der Waals surface area contributed by atoms with Crippen molar-refractivity contribution >= 4 is 29.2 Å². The van der Waals surface area contributed by atoms with E-state index in [1.54, 1.807) is 11.9 Å². The van der Waals surface area contributed by atoms with Crippen LogP contribution in [0.5, 0.6) is 0 Å². The van der Waals surface area contributed by atoms with Crippen molar-refractivity contribution in [2.24, 2.45) is 5.41 Å². The molecule has 8 heteroatoms. The number of hydrogen-bond donors (Lipinski definition) is 1. The lowest BCUT2D eigenvalue weighted by Gasteiger charge is -2.38. The molecule has 0 spiro atoms. The molecule has 0 aromatic heterocycles. The minimum Gasteiger partial charge on any atom is -0.480 e. The van der Waals surface area contributed by atoms with Gasteiger partial charge in [0, 0.05) is 22.5 Å². The molecule has 1 N–H and O–H groups in total. The maximum atomic E-state index is 15.3. The fourth-order valence-electron chi connectivity index (χ4n) is 4.96. The average Bonchev–Trinajstić information content (AvgIpc) is 2.92. The molecule has 0 aliphatic carbocycles. The van der Waals surface area contributed by atoms with Crippen molar-refractivity contribution in [3.63, 3.8) is 0 Å². The summed E-state index contributed by atoms with van der Waals surface area (Å²) in [7, 11) is 1.58. The molecule has 1 aliphatic heterocycles. The second-order valence-corrected chi connectivity index (χ2v) is 10.3. The monoisotopic (exact) mass is 480 g/mol. The largest absolute Gasteiger partial charge is 0.480 e. The quantitative estimate of drug-likeness (QED) is 0.580. The molecule has 1 heterocycles. The van der Waals surface area contributed by atoms with E-state index in [0.717, 1.165) is 6.07 Å². The third kappa shape index (κ3) is 3.98. The lowest BCUT2D eigenvalue weighted by Crippen LogP contribution is -2.45. The maximum Gasteiger partial charge on any atom is 0.321 e. The van der Waals surface area contributed by atoms with E-state index in [9.17, 15) is 15.2 Å².